The quantitative estimate of drug-likeness (QED) is 0.730. The molecule has 0 spiro atoms. The first-order valence-electron chi connectivity index (χ1n) is 8.29. The van der Waals surface area contributed by atoms with Crippen molar-refractivity contribution in [1.29, 1.82) is 0 Å². The van der Waals surface area contributed by atoms with Crippen molar-refractivity contribution in [3.63, 3.8) is 0 Å². The molecule has 2 aliphatic rings. The molecular weight excluding hydrogens is 246 g/mol. The zero-order chi connectivity index (χ0) is 13.6. The fourth-order valence-electron chi connectivity index (χ4n) is 3.97. The lowest BCUT2D eigenvalue weighted by molar-refractivity contribution is 0.0783. The van der Waals surface area contributed by atoms with Crippen molar-refractivity contribution in [2.24, 2.45) is 5.92 Å². The second kappa shape index (κ2) is 7.24. The Morgan fingerprint density at radius 2 is 1.90 bits per heavy atom. The molecule has 1 aliphatic heterocycles. The fourth-order valence-corrected chi connectivity index (χ4v) is 3.97. The van der Waals surface area contributed by atoms with Gasteiger partial charge >= 0.3 is 0 Å². The zero-order valence-electron chi connectivity index (χ0n) is 12.5. The minimum Gasteiger partial charge on any atom is -0.377 e. The van der Waals surface area contributed by atoms with Crippen molar-refractivity contribution in [2.45, 2.75) is 51.2 Å². The van der Waals surface area contributed by atoms with Gasteiger partial charge in [-0.3, -0.25) is 0 Å². The molecule has 2 atom stereocenters. The van der Waals surface area contributed by atoms with Crippen LogP contribution in [0.4, 0.5) is 0 Å². The molecule has 0 radical (unpaired) electrons. The van der Waals surface area contributed by atoms with Gasteiger partial charge in [0, 0.05) is 19.2 Å². The van der Waals surface area contributed by atoms with E-state index in [0.717, 1.165) is 25.2 Å². The molecule has 1 aliphatic carbocycles. The number of rotatable bonds is 6. The van der Waals surface area contributed by atoms with Gasteiger partial charge in [-0.2, -0.15) is 0 Å². The number of fused-ring (bicyclic) bond motifs is 1. The number of hydrogen-bond acceptors (Lipinski definition) is 2. The third-order valence-corrected chi connectivity index (χ3v) is 4.95. The van der Waals surface area contributed by atoms with Crippen LogP contribution in [0.15, 0.2) is 30.3 Å². The van der Waals surface area contributed by atoms with Crippen LogP contribution >= 0.6 is 0 Å². The summed E-state index contributed by atoms with van der Waals surface area (Å²) >= 11 is 0. The van der Waals surface area contributed by atoms with E-state index in [-0.39, 0.29) is 0 Å². The van der Waals surface area contributed by atoms with Crippen LogP contribution < -0.4 is 0 Å². The molecule has 110 valence electrons. The van der Waals surface area contributed by atoms with Crippen molar-refractivity contribution in [3.05, 3.63) is 35.9 Å². The third-order valence-electron chi connectivity index (χ3n) is 4.95. The van der Waals surface area contributed by atoms with E-state index in [2.05, 4.69) is 35.2 Å². The van der Waals surface area contributed by atoms with Crippen LogP contribution in [0.1, 0.15) is 44.1 Å². The van der Waals surface area contributed by atoms with Crippen LogP contribution in [0.2, 0.25) is 0 Å². The highest BCUT2D eigenvalue weighted by Crippen LogP contribution is 2.36. The van der Waals surface area contributed by atoms with E-state index in [1.165, 1.54) is 57.2 Å². The highest BCUT2D eigenvalue weighted by atomic mass is 16.5. The van der Waals surface area contributed by atoms with Gasteiger partial charge in [-0.05, 0) is 50.1 Å². The molecule has 0 amide bonds. The highest BCUT2D eigenvalue weighted by molar-refractivity contribution is 5.13. The average Bonchev–Trinajstić information content (AvgIpc) is 2.97. The van der Waals surface area contributed by atoms with Gasteiger partial charge in [-0.25, -0.2) is 0 Å². The molecule has 0 bridgehead atoms. The Hall–Kier alpha value is -0.860. The summed E-state index contributed by atoms with van der Waals surface area (Å²) in [5.41, 5.74) is 1.28. The van der Waals surface area contributed by atoms with Crippen LogP contribution in [0.3, 0.4) is 0 Å². The molecule has 20 heavy (non-hydrogen) atoms. The maximum absolute atomic E-state index is 5.80. The summed E-state index contributed by atoms with van der Waals surface area (Å²) in [5.74, 6) is 1.01. The molecule has 2 heteroatoms. The van der Waals surface area contributed by atoms with Crippen molar-refractivity contribution in [2.75, 3.05) is 19.7 Å². The molecule has 3 rings (SSSR count). The summed E-state index contributed by atoms with van der Waals surface area (Å²) in [7, 11) is 0. The Labute approximate surface area is 123 Å². The van der Waals surface area contributed by atoms with Gasteiger partial charge in [0.1, 0.15) is 0 Å². The summed E-state index contributed by atoms with van der Waals surface area (Å²) in [4.78, 5) is 2.74. The highest BCUT2D eigenvalue weighted by Gasteiger charge is 2.34. The lowest BCUT2D eigenvalue weighted by Crippen LogP contribution is -2.43. The van der Waals surface area contributed by atoms with Gasteiger partial charge in [0.25, 0.3) is 0 Å². The summed E-state index contributed by atoms with van der Waals surface area (Å²) < 4.78 is 5.80. The molecular formula is C18H27NO. The number of nitrogens with zero attached hydrogens (tertiary/aromatic N) is 1. The van der Waals surface area contributed by atoms with E-state index in [0.29, 0.717) is 0 Å². The van der Waals surface area contributed by atoms with Gasteiger partial charge in [-0.15, -0.1) is 0 Å². The Morgan fingerprint density at radius 3 is 2.80 bits per heavy atom. The summed E-state index contributed by atoms with van der Waals surface area (Å²) in [6, 6.07) is 11.4. The third kappa shape index (κ3) is 3.62. The van der Waals surface area contributed by atoms with Gasteiger partial charge in [-0.1, -0.05) is 36.8 Å². The lowest BCUT2D eigenvalue weighted by Gasteiger charge is -2.37. The Morgan fingerprint density at radius 1 is 1.05 bits per heavy atom. The van der Waals surface area contributed by atoms with Gasteiger partial charge in [0.15, 0.2) is 0 Å². The summed E-state index contributed by atoms with van der Waals surface area (Å²) in [5, 5.41) is 0. The molecule has 0 unspecified atom stereocenters. The smallest absolute Gasteiger partial charge is 0.0716 e. The molecule has 1 aromatic rings. The minimum absolute atomic E-state index is 0.757. The predicted octanol–water partition coefficient (Wildman–Crippen LogP) is 3.86. The predicted molar refractivity (Wildman–Crippen MR) is 82.7 cm³/mol. The number of benzene rings is 1. The fraction of sp³-hybridized carbons (Fsp3) is 0.667. The van der Waals surface area contributed by atoms with Crippen molar-refractivity contribution in [1.82, 2.24) is 4.90 Å². The zero-order valence-corrected chi connectivity index (χ0v) is 12.5. The number of piperidine rings is 1. The van der Waals surface area contributed by atoms with E-state index >= 15 is 0 Å². The lowest BCUT2D eigenvalue weighted by atomic mass is 9.92. The van der Waals surface area contributed by atoms with E-state index in [1.54, 1.807) is 0 Å². The molecule has 0 aromatic heterocycles. The normalized spacial score (nSPS) is 26.6. The standard InChI is InChI=1S/C18H27NO/c1-2-7-16(8-3-1)15-20-14-6-13-19-12-5-10-17-9-4-11-18(17)19/h1-3,7-8,17-18H,4-6,9-15H2/t17-,18-/m1/s1. The monoisotopic (exact) mass is 273 g/mol. The summed E-state index contributed by atoms with van der Waals surface area (Å²) in [6.07, 6.45) is 8.44. The number of ether oxygens (including phenoxy) is 1. The van der Waals surface area contributed by atoms with E-state index in [9.17, 15) is 0 Å². The molecule has 1 saturated heterocycles. The largest absolute Gasteiger partial charge is 0.377 e. The first kappa shape index (κ1) is 14.1. The minimum atomic E-state index is 0.757. The van der Waals surface area contributed by atoms with Gasteiger partial charge in [0.05, 0.1) is 6.61 Å². The summed E-state index contributed by atoms with van der Waals surface area (Å²) in [6.45, 7) is 4.20. The first-order valence-corrected chi connectivity index (χ1v) is 8.29. The van der Waals surface area contributed by atoms with Crippen molar-refractivity contribution < 1.29 is 4.74 Å². The van der Waals surface area contributed by atoms with Crippen LogP contribution in [-0.4, -0.2) is 30.6 Å². The SMILES string of the molecule is c1ccc(COCCCN2CCC[C@H]3CCC[C@H]32)cc1. The molecule has 1 aromatic carbocycles. The molecule has 1 saturated carbocycles. The van der Waals surface area contributed by atoms with Gasteiger partial charge in [0.2, 0.25) is 0 Å². The van der Waals surface area contributed by atoms with E-state index < -0.39 is 0 Å². The maximum atomic E-state index is 5.80. The van der Waals surface area contributed by atoms with Crippen LogP contribution in [-0.2, 0) is 11.3 Å². The average molecular weight is 273 g/mol. The number of likely N-dealkylation sites (tertiary alicyclic amines) is 1. The molecule has 2 nitrogen and oxygen atoms in total. The molecule has 1 heterocycles. The first-order chi connectivity index (χ1) is 9.93. The van der Waals surface area contributed by atoms with Crippen LogP contribution in [0, 0.1) is 5.92 Å². The second-order valence-electron chi connectivity index (χ2n) is 6.33. The number of hydrogen-bond donors (Lipinski definition) is 0. The molecule has 2 fully saturated rings. The van der Waals surface area contributed by atoms with Crippen molar-refractivity contribution >= 4 is 0 Å². The van der Waals surface area contributed by atoms with Crippen LogP contribution in [0.5, 0.6) is 0 Å². The second-order valence-corrected chi connectivity index (χ2v) is 6.33. The topological polar surface area (TPSA) is 12.5 Å². The van der Waals surface area contributed by atoms with E-state index in [4.69, 9.17) is 4.74 Å². The maximum Gasteiger partial charge on any atom is 0.0716 e. The molecule has 0 N–H and O–H groups in total. The Bertz CT molecular complexity index is 392. The Balaban J connectivity index is 1.33. The Kier molecular flexibility index (Phi) is 5.10. The van der Waals surface area contributed by atoms with Gasteiger partial charge < -0.3 is 9.64 Å². The van der Waals surface area contributed by atoms with Crippen LogP contribution in [0.25, 0.3) is 0 Å². The van der Waals surface area contributed by atoms with E-state index in [1.807, 2.05) is 0 Å². The van der Waals surface area contributed by atoms with Crippen molar-refractivity contribution in [3.8, 4) is 0 Å².